The van der Waals surface area contributed by atoms with Crippen molar-refractivity contribution in [2.24, 2.45) is 5.92 Å². The van der Waals surface area contributed by atoms with Gasteiger partial charge in [-0.1, -0.05) is 30.3 Å². The Morgan fingerprint density at radius 2 is 1.92 bits per heavy atom. The summed E-state index contributed by atoms with van der Waals surface area (Å²) in [6.07, 6.45) is 0.219. The van der Waals surface area contributed by atoms with Crippen molar-refractivity contribution >= 4 is 12.1 Å². The Kier molecular flexibility index (Phi) is 7.03. The van der Waals surface area contributed by atoms with Crippen molar-refractivity contribution in [3.63, 3.8) is 0 Å². The highest BCUT2D eigenvalue weighted by atomic mass is 16.6. The van der Waals surface area contributed by atoms with Crippen molar-refractivity contribution in [3.8, 4) is 0 Å². The van der Waals surface area contributed by atoms with E-state index in [9.17, 15) is 9.59 Å². The van der Waals surface area contributed by atoms with E-state index in [1.54, 1.807) is 11.8 Å². The first kappa shape index (κ1) is 20.2. The molecule has 1 aromatic rings. The molecular weight excluding hydrogens is 332 g/mol. The SMILES string of the molecule is CCOC(=O)[C@H]1CCN(C(=O)OC(C)(C)C)C[C@@H]1NCc1ccccc1. The number of carbonyl (C=O) groups is 2. The smallest absolute Gasteiger partial charge is 0.410 e. The van der Waals surface area contributed by atoms with Gasteiger partial charge in [0.05, 0.1) is 12.5 Å². The van der Waals surface area contributed by atoms with E-state index >= 15 is 0 Å². The maximum atomic E-state index is 12.4. The molecule has 26 heavy (non-hydrogen) atoms. The summed E-state index contributed by atoms with van der Waals surface area (Å²) in [6.45, 7) is 9.25. The Bertz CT molecular complexity index is 598. The Hall–Kier alpha value is -2.08. The van der Waals surface area contributed by atoms with Crippen LogP contribution in [0, 0.1) is 5.92 Å². The van der Waals surface area contributed by atoms with Crippen LogP contribution >= 0.6 is 0 Å². The van der Waals surface area contributed by atoms with Crippen molar-refractivity contribution in [1.82, 2.24) is 10.2 Å². The maximum absolute atomic E-state index is 12.4. The third kappa shape index (κ3) is 6.02. The summed E-state index contributed by atoms with van der Waals surface area (Å²) in [5.74, 6) is -0.473. The number of esters is 1. The fourth-order valence-electron chi connectivity index (χ4n) is 3.03. The first-order valence-electron chi connectivity index (χ1n) is 9.22. The van der Waals surface area contributed by atoms with Crippen molar-refractivity contribution in [2.45, 2.75) is 52.3 Å². The van der Waals surface area contributed by atoms with Crippen LogP contribution in [0.3, 0.4) is 0 Å². The van der Waals surface area contributed by atoms with Crippen LogP contribution in [0.2, 0.25) is 0 Å². The van der Waals surface area contributed by atoms with Gasteiger partial charge in [-0.15, -0.1) is 0 Å². The van der Waals surface area contributed by atoms with Gasteiger partial charge in [-0.3, -0.25) is 4.79 Å². The number of likely N-dealkylation sites (tertiary alicyclic amines) is 1. The largest absolute Gasteiger partial charge is 0.466 e. The number of hydrogen-bond acceptors (Lipinski definition) is 5. The molecule has 1 saturated heterocycles. The van der Waals surface area contributed by atoms with E-state index < -0.39 is 5.60 Å². The Labute approximate surface area is 155 Å². The molecule has 2 rings (SSSR count). The highest BCUT2D eigenvalue weighted by Crippen LogP contribution is 2.22. The molecule has 0 saturated carbocycles. The molecule has 0 unspecified atom stereocenters. The number of carbonyl (C=O) groups excluding carboxylic acids is 2. The lowest BCUT2D eigenvalue weighted by Crippen LogP contribution is -2.55. The zero-order valence-electron chi connectivity index (χ0n) is 16.2. The van der Waals surface area contributed by atoms with E-state index in [1.165, 1.54) is 0 Å². The second-order valence-electron chi connectivity index (χ2n) is 7.55. The van der Waals surface area contributed by atoms with Gasteiger partial charge >= 0.3 is 12.1 Å². The fraction of sp³-hybridized carbons (Fsp3) is 0.600. The van der Waals surface area contributed by atoms with Gasteiger partial charge in [-0.25, -0.2) is 4.79 Å². The molecule has 2 atom stereocenters. The predicted molar refractivity (Wildman–Crippen MR) is 99.6 cm³/mol. The molecule has 6 heteroatoms. The van der Waals surface area contributed by atoms with Gasteiger partial charge in [0.15, 0.2) is 0 Å². The van der Waals surface area contributed by atoms with Crippen LogP contribution in [0.4, 0.5) is 4.79 Å². The topological polar surface area (TPSA) is 67.9 Å². The van der Waals surface area contributed by atoms with E-state index in [-0.39, 0.29) is 24.0 Å². The lowest BCUT2D eigenvalue weighted by Gasteiger charge is -2.38. The van der Waals surface area contributed by atoms with E-state index in [1.807, 2.05) is 51.1 Å². The number of rotatable bonds is 5. The van der Waals surface area contributed by atoms with Crippen LogP contribution in [-0.4, -0.2) is 48.3 Å². The minimum atomic E-state index is -0.540. The van der Waals surface area contributed by atoms with Gasteiger partial charge in [0, 0.05) is 25.7 Å². The van der Waals surface area contributed by atoms with Gasteiger partial charge in [-0.05, 0) is 39.7 Å². The average Bonchev–Trinajstić information content (AvgIpc) is 2.59. The number of piperidine rings is 1. The molecule has 1 fully saturated rings. The minimum absolute atomic E-state index is 0.171. The van der Waals surface area contributed by atoms with Crippen molar-refractivity contribution in [3.05, 3.63) is 35.9 Å². The molecule has 1 aliphatic heterocycles. The van der Waals surface area contributed by atoms with E-state index in [2.05, 4.69) is 5.32 Å². The molecule has 0 aliphatic carbocycles. The highest BCUT2D eigenvalue weighted by molar-refractivity contribution is 5.74. The van der Waals surface area contributed by atoms with Gasteiger partial charge in [0.1, 0.15) is 5.60 Å². The van der Waals surface area contributed by atoms with Gasteiger partial charge in [0.25, 0.3) is 0 Å². The normalized spacial score (nSPS) is 20.5. The zero-order valence-corrected chi connectivity index (χ0v) is 16.2. The third-order valence-corrected chi connectivity index (χ3v) is 4.27. The summed E-state index contributed by atoms with van der Waals surface area (Å²) in [7, 11) is 0. The lowest BCUT2D eigenvalue weighted by molar-refractivity contribution is -0.150. The highest BCUT2D eigenvalue weighted by Gasteiger charge is 2.37. The summed E-state index contributed by atoms with van der Waals surface area (Å²) in [5.41, 5.74) is 0.590. The number of hydrogen-bond donors (Lipinski definition) is 1. The van der Waals surface area contributed by atoms with Crippen LogP contribution in [0.25, 0.3) is 0 Å². The summed E-state index contributed by atoms with van der Waals surface area (Å²) in [5, 5.41) is 3.42. The molecule has 6 nitrogen and oxygen atoms in total. The lowest BCUT2D eigenvalue weighted by atomic mass is 9.91. The molecule has 0 spiro atoms. The average molecular weight is 362 g/mol. The fourth-order valence-corrected chi connectivity index (χ4v) is 3.03. The quantitative estimate of drug-likeness (QED) is 0.816. The zero-order chi connectivity index (χ0) is 19.2. The van der Waals surface area contributed by atoms with Gasteiger partial charge < -0.3 is 19.7 Å². The monoisotopic (exact) mass is 362 g/mol. The predicted octanol–water partition coefficient (Wildman–Crippen LogP) is 2.96. The van der Waals surface area contributed by atoms with Gasteiger partial charge in [0.2, 0.25) is 0 Å². The van der Waals surface area contributed by atoms with Crippen molar-refractivity contribution in [1.29, 1.82) is 0 Å². The van der Waals surface area contributed by atoms with Gasteiger partial charge in [-0.2, -0.15) is 0 Å². The van der Waals surface area contributed by atoms with E-state index in [0.29, 0.717) is 32.7 Å². The summed E-state index contributed by atoms with van der Waals surface area (Å²) in [4.78, 5) is 26.4. The Morgan fingerprint density at radius 1 is 1.23 bits per heavy atom. The molecule has 0 radical (unpaired) electrons. The number of nitrogens with one attached hydrogen (secondary N) is 1. The van der Waals surface area contributed by atoms with Crippen molar-refractivity contribution in [2.75, 3.05) is 19.7 Å². The molecule has 1 heterocycles. The molecule has 1 aliphatic rings. The second kappa shape index (κ2) is 9.03. The Morgan fingerprint density at radius 3 is 2.54 bits per heavy atom. The third-order valence-electron chi connectivity index (χ3n) is 4.27. The number of amides is 1. The van der Waals surface area contributed by atoms with Crippen LogP contribution in [0.1, 0.15) is 39.7 Å². The summed E-state index contributed by atoms with van der Waals surface area (Å²) >= 11 is 0. The van der Waals surface area contributed by atoms with Crippen LogP contribution in [0.15, 0.2) is 30.3 Å². The molecule has 1 amide bonds. The summed E-state index contributed by atoms with van der Waals surface area (Å²) in [6, 6.07) is 9.81. The van der Waals surface area contributed by atoms with Crippen LogP contribution < -0.4 is 5.32 Å². The van der Waals surface area contributed by atoms with E-state index in [0.717, 1.165) is 5.56 Å². The maximum Gasteiger partial charge on any atom is 0.410 e. The molecule has 0 bridgehead atoms. The first-order valence-corrected chi connectivity index (χ1v) is 9.22. The van der Waals surface area contributed by atoms with E-state index in [4.69, 9.17) is 9.47 Å². The Balaban J connectivity index is 2.04. The molecule has 1 N–H and O–H groups in total. The standard InChI is InChI=1S/C20H30N2O4/c1-5-25-18(23)16-11-12-22(19(24)26-20(2,3)4)14-17(16)21-13-15-9-7-6-8-10-15/h6-10,16-17,21H,5,11-14H2,1-4H3/t16-,17-/m0/s1. The molecule has 144 valence electrons. The molecular formula is C20H30N2O4. The van der Waals surface area contributed by atoms with Crippen LogP contribution in [-0.2, 0) is 20.8 Å². The second-order valence-corrected chi connectivity index (χ2v) is 7.55. The van der Waals surface area contributed by atoms with Crippen LogP contribution in [0.5, 0.6) is 0 Å². The number of benzene rings is 1. The van der Waals surface area contributed by atoms with Crippen molar-refractivity contribution < 1.29 is 19.1 Å². The molecule has 0 aromatic heterocycles. The number of ether oxygens (including phenoxy) is 2. The first-order chi connectivity index (χ1) is 12.3. The number of nitrogens with zero attached hydrogens (tertiary/aromatic N) is 1. The summed E-state index contributed by atoms with van der Waals surface area (Å²) < 4.78 is 10.7. The molecule has 1 aromatic carbocycles. The minimum Gasteiger partial charge on any atom is -0.466 e.